The topological polar surface area (TPSA) is 62.3 Å². The highest BCUT2D eigenvalue weighted by Crippen LogP contribution is 2.24. The summed E-state index contributed by atoms with van der Waals surface area (Å²) in [5.41, 5.74) is 1.64. The summed E-state index contributed by atoms with van der Waals surface area (Å²) in [6, 6.07) is 10.1. The summed E-state index contributed by atoms with van der Waals surface area (Å²) in [5.74, 6) is -0.128. The number of hydrogen-bond donors (Lipinski definition) is 1. The summed E-state index contributed by atoms with van der Waals surface area (Å²) in [6.07, 6.45) is 4.45. The number of thiazole rings is 1. The predicted octanol–water partition coefficient (Wildman–Crippen LogP) is 2.62. The van der Waals surface area contributed by atoms with Crippen LogP contribution in [0.1, 0.15) is 46.7 Å². The van der Waals surface area contributed by atoms with Crippen LogP contribution in [-0.4, -0.2) is 40.3 Å². The summed E-state index contributed by atoms with van der Waals surface area (Å²) in [4.78, 5) is 31.4. The Morgan fingerprint density at radius 2 is 2.00 bits per heavy atom. The third-order valence-corrected chi connectivity index (χ3v) is 5.56. The number of rotatable bonds is 5. The third kappa shape index (κ3) is 3.74. The zero-order valence-corrected chi connectivity index (χ0v) is 14.8. The van der Waals surface area contributed by atoms with Gasteiger partial charge in [0.15, 0.2) is 0 Å². The van der Waals surface area contributed by atoms with Crippen LogP contribution in [0.4, 0.5) is 0 Å². The number of nitrogens with one attached hydrogen (secondary N) is 1. The van der Waals surface area contributed by atoms with E-state index in [0.29, 0.717) is 18.3 Å². The highest BCUT2D eigenvalue weighted by Gasteiger charge is 2.37. The van der Waals surface area contributed by atoms with E-state index in [-0.39, 0.29) is 17.9 Å². The van der Waals surface area contributed by atoms with E-state index in [1.54, 1.807) is 4.90 Å². The van der Waals surface area contributed by atoms with Crippen LogP contribution < -0.4 is 5.32 Å². The number of carbonyl (C=O) groups excluding carboxylic acids is 2. The van der Waals surface area contributed by atoms with Gasteiger partial charge in [-0.25, -0.2) is 4.98 Å². The van der Waals surface area contributed by atoms with E-state index in [9.17, 15) is 9.59 Å². The van der Waals surface area contributed by atoms with Crippen molar-refractivity contribution in [3.8, 4) is 0 Å². The Bertz CT molecular complexity index is 770. The van der Waals surface area contributed by atoms with Crippen LogP contribution in [-0.2, 0) is 11.2 Å². The maximum Gasteiger partial charge on any atom is 0.274 e. The molecule has 1 unspecified atom stereocenters. The predicted molar refractivity (Wildman–Crippen MR) is 96.6 cm³/mol. The molecular formula is C19H21N3O2S. The average molecular weight is 355 g/mol. The number of benzene rings is 1. The Balaban J connectivity index is 1.44. The fourth-order valence-corrected chi connectivity index (χ4v) is 4.02. The van der Waals surface area contributed by atoms with E-state index in [1.807, 2.05) is 23.6 Å². The first-order valence-corrected chi connectivity index (χ1v) is 9.68. The molecule has 2 aromatic rings. The summed E-state index contributed by atoms with van der Waals surface area (Å²) in [5, 5.41) is 5.76. The first-order valence-electron chi connectivity index (χ1n) is 8.80. The second kappa shape index (κ2) is 6.96. The van der Waals surface area contributed by atoms with Gasteiger partial charge in [-0.2, -0.15) is 0 Å². The van der Waals surface area contributed by atoms with Crippen molar-refractivity contribution in [1.82, 2.24) is 15.2 Å². The molecule has 1 atom stereocenters. The quantitative estimate of drug-likeness (QED) is 0.897. The number of aromatic nitrogens is 1. The fourth-order valence-electron chi connectivity index (χ4n) is 3.22. The third-order valence-electron chi connectivity index (χ3n) is 4.71. The molecule has 130 valence electrons. The minimum atomic E-state index is -0.340. The number of likely N-dealkylation sites (tertiary alicyclic amines) is 1. The Morgan fingerprint density at radius 3 is 2.76 bits per heavy atom. The van der Waals surface area contributed by atoms with Gasteiger partial charge in [-0.05, 0) is 31.2 Å². The molecule has 2 aliphatic rings. The van der Waals surface area contributed by atoms with Crippen LogP contribution in [0.15, 0.2) is 35.7 Å². The van der Waals surface area contributed by atoms with Crippen molar-refractivity contribution in [2.24, 2.45) is 0 Å². The van der Waals surface area contributed by atoms with Crippen LogP contribution in [0.25, 0.3) is 0 Å². The van der Waals surface area contributed by atoms with Crippen molar-refractivity contribution < 1.29 is 9.59 Å². The first-order chi connectivity index (χ1) is 12.2. The summed E-state index contributed by atoms with van der Waals surface area (Å²) in [7, 11) is 0. The molecule has 0 spiro atoms. The fraction of sp³-hybridized carbons (Fsp3) is 0.421. The lowest BCUT2D eigenvalue weighted by Gasteiger charge is -2.23. The molecule has 1 aromatic heterocycles. The van der Waals surface area contributed by atoms with Gasteiger partial charge in [0.1, 0.15) is 11.7 Å². The van der Waals surface area contributed by atoms with Crippen LogP contribution in [0.2, 0.25) is 0 Å². The molecule has 5 nitrogen and oxygen atoms in total. The lowest BCUT2D eigenvalue weighted by Crippen LogP contribution is -2.46. The van der Waals surface area contributed by atoms with E-state index in [0.717, 1.165) is 37.1 Å². The van der Waals surface area contributed by atoms with Gasteiger partial charge in [-0.15, -0.1) is 11.3 Å². The molecule has 1 aromatic carbocycles. The van der Waals surface area contributed by atoms with Crippen LogP contribution in [0, 0.1) is 0 Å². The van der Waals surface area contributed by atoms with Crippen molar-refractivity contribution in [1.29, 1.82) is 0 Å². The first kappa shape index (κ1) is 16.3. The summed E-state index contributed by atoms with van der Waals surface area (Å²) in [6.45, 7) is 0.632. The second-order valence-electron chi connectivity index (χ2n) is 6.73. The van der Waals surface area contributed by atoms with Crippen molar-refractivity contribution in [3.05, 3.63) is 52.0 Å². The second-order valence-corrected chi connectivity index (χ2v) is 7.67. The molecule has 4 rings (SSSR count). The van der Waals surface area contributed by atoms with Gasteiger partial charge in [0, 0.05) is 24.4 Å². The molecule has 2 fully saturated rings. The van der Waals surface area contributed by atoms with Gasteiger partial charge in [0.25, 0.3) is 5.91 Å². The minimum Gasteiger partial charge on any atom is -0.352 e. The highest BCUT2D eigenvalue weighted by molar-refractivity contribution is 7.09. The zero-order valence-electron chi connectivity index (χ0n) is 14.0. The molecule has 1 saturated carbocycles. The van der Waals surface area contributed by atoms with E-state index in [2.05, 4.69) is 22.4 Å². The Hall–Kier alpha value is -2.21. The van der Waals surface area contributed by atoms with Crippen molar-refractivity contribution in [2.45, 2.75) is 44.2 Å². The molecular weight excluding hydrogens is 334 g/mol. The minimum absolute atomic E-state index is 0.00640. The van der Waals surface area contributed by atoms with Gasteiger partial charge < -0.3 is 10.2 Å². The average Bonchev–Trinajstić information content (AvgIpc) is 3.12. The lowest BCUT2D eigenvalue weighted by molar-refractivity contribution is -0.125. The zero-order chi connectivity index (χ0) is 17.2. The largest absolute Gasteiger partial charge is 0.352 e. The van der Waals surface area contributed by atoms with Crippen LogP contribution in [0.3, 0.4) is 0 Å². The smallest absolute Gasteiger partial charge is 0.274 e. The summed E-state index contributed by atoms with van der Waals surface area (Å²) < 4.78 is 0. The maximum atomic E-state index is 12.8. The molecule has 6 heteroatoms. The van der Waals surface area contributed by atoms with Crippen LogP contribution >= 0.6 is 11.3 Å². The van der Waals surface area contributed by atoms with E-state index in [1.165, 1.54) is 16.9 Å². The molecule has 2 heterocycles. The molecule has 25 heavy (non-hydrogen) atoms. The Labute approximate surface area is 151 Å². The van der Waals surface area contributed by atoms with Crippen molar-refractivity contribution >= 4 is 23.2 Å². The number of amides is 2. The van der Waals surface area contributed by atoms with E-state index < -0.39 is 0 Å². The molecule has 1 aliphatic carbocycles. The van der Waals surface area contributed by atoms with Crippen molar-refractivity contribution in [3.63, 3.8) is 0 Å². The molecule has 1 saturated heterocycles. The lowest BCUT2D eigenvalue weighted by atomic mass is 10.2. The van der Waals surface area contributed by atoms with E-state index >= 15 is 0 Å². The number of carbonyl (C=O) groups is 2. The Morgan fingerprint density at radius 1 is 1.20 bits per heavy atom. The molecule has 2 amide bonds. The van der Waals surface area contributed by atoms with Gasteiger partial charge in [-0.1, -0.05) is 30.3 Å². The van der Waals surface area contributed by atoms with E-state index in [4.69, 9.17) is 0 Å². The van der Waals surface area contributed by atoms with Gasteiger partial charge in [0.2, 0.25) is 5.91 Å². The van der Waals surface area contributed by atoms with Gasteiger partial charge in [-0.3, -0.25) is 9.59 Å². The van der Waals surface area contributed by atoms with Gasteiger partial charge in [0.05, 0.1) is 5.01 Å². The summed E-state index contributed by atoms with van der Waals surface area (Å²) >= 11 is 1.50. The molecule has 1 aliphatic heterocycles. The molecule has 0 bridgehead atoms. The standard InChI is InChI=1S/C19H21N3O2S/c23-18(20-14-8-9-14)16-7-4-10-22(16)19(24)15-12-25-17(21-15)11-13-5-2-1-3-6-13/h1-3,5-6,12,14,16H,4,7-11H2,(H,20,23). The molecule has 0 radical (unpaired) electrons. The van der Waals surface area contributed by atoms with Crippen molar-refractivity contribution in [2.75, 3.05) is 6.54 Å². The molecule has 1 N–H and O–H groups in total. The monoisotopic (exact) mass is 355 g/mol. The van der Waals surface area contributed by atoms with Crippen LogP contribution in [0.5, 0.6) is 0 Å². The maximum absolute atomic E-state index is 12.8. The number of hydrogen-bond acceptors (Lipinski definition) is 4. The Kier molecular flexibility index (Phi) is 4.53. The number of nitrogens with zero attached hydrogens (tertiary/aromatic N) is 2. The SMILES string of the molecule is O=C(NC1CC1)C1CCCN1C(=O)c1csc(Cc2ccccc2)n1. The normalized spacial score (nSPS) is 19.8. The highest BCUT2D eigenvalue weighted by atomic mass is 32.1. The van der Waals surface area contributed by atoms with Gasteiger partial charge >= 0.3 is 0 Å².